The van der Waals surface area contributed by atoms with Crippen molar-refractivity contribution in [3.05, 3.63) is 51.6 Å². The van der Waals surface area contributed by atoms with Gasteiger partial charge in [0.2, 0.25) is 5.75 Å². The third-order valence-electron chi connectivity index (χ3n) is 3.35. The van der Waals surface area contributed by atoms with Crippen LogP contribution in [0, 0.1) is 10.1 Å². The average Bonchev–Trinajstić information content (AvgIpc) is 2.58. The number of methoxy groups -OCH3 is 3. The summed E-state index contributed by atoms with van der Waals surface area (Å²) in [7, 11) is 4.28. The highest BCUT2D eigenvalue weighted by Gasteiger charge is 2.14. The maximum Gasteiger partial charge on any atom is 0.311 e. The van der Waals surface area contributed by atoms with Gasteiger partial charge in [0.25, 0.3) is 0 Å². The van der Waals surface area contributed by atoms with E-state index in [0.29, 0.717) is 16.9 Å². The third-order valence-corrected chi connectivity index (χ3v) is 3.35. The number of aromatic hydroxyl groups is 1. The summed E-state index contributed by atoms with van der Waals surface area (Å²) in [5.41, 5.74) is 1.16. The van der Waals surface area contributed by atoms with E-state index >= 15 is 0 Å². The Balaban J connectivity index is 2.36. The molecule has 0 bridgehead atoms. The van der Waals surface area contributed by atoms with Gasteiger partial charge in [0, 0.05) is 6.07 Å². The van der Waals surface area contributed by atoms with Crippen LogP contribution in [0.5, 0.6) is 23.0 Å². The maximum absolute atomic E-state index is 11.0. The smallest absolute Gasteiger partial charge is 0.311 e. The van der Waals surface area contributed by atoms with E-state index in [-0.39, 0.29) is 22.9 Å². The summed E-state index contributed by atoms with van der Waals surface area (Å²) < 4.78 is 15.2. The van der Waals surface area contributed by atoms with Crippen molar-refractivity contribution >= 4 is 17.8 Å². The van der Waals surface area contributed by atoms with Gasteiger partial charge in [-0.3, -0.25) is 10.1 Å². The number of ether oxygens (including phenoxy) is 3. The van der Waals surface area contributed by atoms with Gasteiger partial charge in [-0.05, 0) is 29.3 Å². The molecule has 0 fully saturated rings. The molecule has 0 heterocycles. The average molecular weight is 331 g/mol. The van der Waals surface area contributed by atoms with E-state index in [0.717, 1.165) is 0 Å². The van der Waals surface area contributed by atoms with Crippen molar-refractivity contribution in [3.8, 4) is 23.0 Å². The van der Waals surface area contributed by atoms with Crippen molar-refractivity contribution in [1.29, 1.82) is 0 Å². The fourth-order valence-corrected chi connectivity index (χ4v) is 2.21. The number of phenolic OH excluding ortho intramolecular Hbond substituents is 1. The van der Waals surface area contributed by atoms with E-state index < -0.39 is 4.92 Å². The molecule has 2 rings (SSSR count). The highest BCUT2D eigenvalue weighted by molar-refractivity contribution is 5.74. The molecular weight excluding hydrogens is 314 g/mol. The van der Waals surface area contributed by atoms with Gasteiger partial charge in [-0.2, -0.15) is 0 Å². The first kappa shape index (κ1) is 17.1. The van der Waals surface area contributed by atoms with E-state index in [1.54, 1.807) is 24.3 Å². The maximum atomic E-state index is 11.0. The summed E-state index contributed by atoms with van der Waals surface area (Å²) >= 11 is 0. The topological polar surface area (TPSA) is 91.1 Å². The lowest BCUT2D eigenvalue weighted by molar-refractivity contribution is -0.385. The van der Waals surface area contributed by atoms with Crippen LogP contribution in [-0.2, 0) is 0 Å². The molecule has 0 amide bonds. The second-order valence-corrected chi connectivity index (χ2v) is 4.80. The number of nitro benzene ring substituents is 1. The minimum atomic E-state index is -0.502. The summed E-state index contributed by atoms with van der Waals surface area (Å²) in [6.45, 7) is 0. The van der Waals surface area contributed by atoms with Crippen LogP contribution >= 0.6 is 0 Å². The minimum Gasteiger partial charge on any atom is -0.504 e. The van der Waals surface area contributed by atoms with E-state index in [2.05, 4.69) is 0 Å². The second kappa shape index (κ2) is 7.36. The zero-order valence-electron chi connectivity index (χ0n) is 13.5. The Morgan fingerprint density at radius 2 is 1.62 bits per heavy atom. The third kappa shape index (κ3) is 3.57. The van der Waals surface area contributed by atoms with Gasteiger partial charge in [-0.1, -0.05) is 18.2 Å². The highest BCUT2D eigenvalue weighted by Crippen LogP contribution is 2.38. The fraction of sp³-hybridized carbons (Fsp3) is 0.176. The predicted octanol–water partition coefficient (Wildman–Crippen LogP) is 3.50. The fourth-order valence-electron chi connectivity index (χ4n) is 2.21. The summed E-state index contributed by atoms with van der Waals surface area (Å²) in [5.74, 6) is 0.769. The van der Waals surface area contributed by atoms with E-state index in [9.17, 15) is 15.2 Å². The molecule has 2 aromatic carbocycles. The van der Waals surface area contributed by atoms with Crippen LogP contribution in [0.2, 0.25) is 0 Å². The molecule has 0 atom stereocenters. The number of rotatable bonds is 6. The number of nitro groups is 1. The summed E-state index contributed by atoms with van der Waals surface area (Å²) in [5, 5.41) is 21.0. The summed E-state index contributed by atoms with van der Waals surface area (Å²) in [4.78, 5) is 10.5. The molecular formula is C17H17NO6. The molecule has 24 heavy (non-hydrogen) atoms. The van der Waals surface area contributed by atoms with Gasteiger partial charge in [0.1, 0.15) is 0 Å². The normalized spacial score (nSPS) is 10.6. The van der Waals surface area contributed by atoms with Crippen LogP contribution in [0.15, 0.2) is 30.3 Å². The van der Waals surface area contributed by atoms with E-state index in [1.165, 1.54) is 39.5 Å². The van der Waals surface area contributed by atoms with Crippen LogP contribution in [0.1, 0.15) is 11.1 Å². The Morgan fingerprint density at radius 1 is 0.958 bits per heavy atom. The molecule has 0 saturated heterocycles. The molecule has 0 radical (unpaired) electrons. The zero-order chi connectivity index (χ0) is 17.7. The Morgan fingerprint density at radius 3 is 2.21 bits per heavy atom. The predicted molar refractivity (Wildman–Crippen MR) is 89.8 cm³/mol. The minimum absolute atomic E-state index is 0.0581. The molecule has 7 nitrogen and oxygen atoms in total. The summed E-state index contributed by atoms with van der Waals surface area (Å²) in [6, 6.07) is 7.84. The van der Waals surface area contributed by atoms with Crippen LogP contribution in [0.4, 0.5) is 5.69 Å². The van der Waals surface area contributed by atoms with Gasteiger partial charge < -0.3 is 19.3 Å². The van der Waals surface area contributed by atoms with Gasteiger partial charge >= 0.3 is 5.69 Å². The Labute approximate surface area is 138 Å². The van der Waals surface area contributed by atoms with Crippen molar-refractivity contribution in [3.63, 3.8) is 0 Å². The number of benzene rings is 2. The molecule has 1 N–H and O–H groups in total. The van der Waals surface area contributed by atoms with Gasteiger partial charge in [-0.25, -0.2) is 0 Å². The lowest BCUT2D eigenvalue weighted by atomic mass is 10.1. The first-order chi connectivity index (χ1) is 11.5. The standard InChI is InChI=1S/C17H17NO6/c1-22-15-7-6-11(8-13(15)18(20)21)4-5-12-9-14(19)17(24-3)16(10-12)23-2/h4-10,19H,1-3H3/b5-4+. The first-order valence-electron chi connectivity index (χ1n) is 6.95. The Bertz CT molecular complexity index is 785. The first-order valence-corrected chi connectivity index (χ1v) is 6.95. The van der Waals surface area contributed by atoms with Crippen molar-refractivity contribution in [1.82, 2.24) is 0 Å². The van der Waals surface area contributed by atoms with Crippen LogP contribution < -0.4 is 14.2 Å². The molecule has 7 heteroatoms. The van der Waals surface area contributed by atoms with Crippen molar-refractivity contribution in [2.24, 2.45) is 0 Å². The van der Waals surface area contributed by atoms with Crippen molar-refractivity contribution in [2.45, 2.75) is 0 Å². The van der Waals surface area contributed by atoms with Gasteiger partial charge in [0.15, 0.2) is 17.2 Å². The van der Waals surface area contributed by atoms with E-state index in [1.807, 2.05) is 0 Å². The molecule has 0 aliphatic heterocycles. The molecule has 2 aromatic rings. The quantitative estimate of drug-likeness (QED) is 0.495. The van der Waals surface area contributed by atoms with Crippen LogP contribution in [-0.4, -0.2) is 31.4 Å². The zero-order valence-corrected chi connectivity index (χ0v) is 13.5. The Kier molecular flexibility index (Phi) is 5.26. The highest BCUT2D eigenvalue weighted by atomic mass is 16.6. The summed E-state index contributed by atoms with van der Waals surface area (Å²) in [6.07, 6.45) is 3.39. The van der Waals surface area contributed by atoms with Gasteiger partial charge in [-0.15, -0.1) is 0 Å². The van der Waals surface area contributed by atoms with Crippen LogP contribution in [0.3, 0.4) is 0 Å². The Hall–Kier alpha value is -3.22. The molecule has 0 saturated carbocycles. The number of phenols is 1. The molecule has 0 aliphatic carbocycles. The lowest BCUT2D eigenvalue weighted by Gasteiger charge is -2.10. The van der Waals surface area contributed by atoms with Crippen molar-refractivity contribution < 1.29 is 24.2 Å². The monoisotopic (exact) mass is 331 g/mol. The van der Waals surface area contributed by atoms with Crippen molar-refractivity contribution in [2.75, 3.05) is 21.3 Å². The molecule has 126 valence electrons. The largest absolute Gasteiger partial charge is 0.504 e. The van der Waals surface area contributed by atoms with E-state index in [4.69, 9.17) is 14.2 Å². The molecule has 0 spiro atoms. The SMILES string of the molecule is COc1ccc(/C=C/c2cc(O)c(OC)c(OC)c2)cc1[N+](=O)[O-]. The van der Waals surface area contributed by atoms with Gasteiger partial charge in [0.05, 0.1) is 26.3 Å². The number of nitrogens with zero attached hydrogens (tertiary/aromatic N) is 1. The molecule has 0 aliphatic rings. The lowest BCUT2D eigenvalue weighted by Crippen LogP contribution is -1.94. The number of hydrogen-bond donors (Lipinski definition) is 1. The molecule has 0 aromatic heterocycles. The second-order valence-electron chi connectivity index (χ2n) is 4.80. The van der Waals surface area contributed by atoms with Crippen LogP contribution in [0.25, 0.3) is 12.2 Å². The number of hydrogen-bond acceptors (Lipinski definition) is 6. The molecule has 0 unspecified atom stereocenters.